The van der Waals surface area contributed by atoms with Crippen molar-refractivity contribution < 1.29 is 56.6 Å². The molecule has 0 radical (unpaired) electrons. The monoisotopic (exact) mass is 765 g/mol. The van der Waals surface area contributed by atoms with Crippen molar-refractivity contribution in [2.75, 3.05) is 30.8 Å². The van der Waals surface area contributed by atoms with E-state index in [-0.39, 0.29) is 12.2 Å². The molecule has 48 heavy (non-hydrogen) atoms. The summed E-state index contributed by atoms with van der Waals surface area (Å²) in [6.45, 7) is 0.0484. The van der Waals surface area contributed by atoms with E-state index in [0.29, 0.717) is 17.0 Å². The average Bonchev–Trinajstić information content (AvgIpc) is 2.98. The Kier molecular flexibility index (Phi) is 12.2. The molecule has 0 spiro atoms. The first-order valence-electron chi connectivity index (χ1n) is 12.3. The van der Waals surface area contributed by atoms with Gasteiger partial charge in [-0.3, -0.25) is 18.5 Å². The highest BCUT2D eigenvalue weighted by molar-refractivity contribution is 8.04. The molecule has 8 N–H and O–H groups in total. The maximum atomic E-state index is 12.5. The van der Waals surface area contributed by atoms with Crippen LogP contribution in [0.15, 0.2) is 88.6 Å². The van der Waals surface area contributed by atoms with E-state index in [4.69, 9.17) is 16.0 Å². The van der Waals surface area contributed by atoms with Gasteiger partial charge >= 0.3 is 10.4 Å². The molecule has 0 amide bonds. The Hall–Kier alpha value is -4.23. The summed E-state index contributed by atoms with van der Waals surface area (Å²) in [5.74, 6) is -0.391. The molecule has 0 heterocycles. The minimum absolute atomic E-state index is 0.0484. The summed E-state index contributed by atoms with van der Waals surface area (Å²) in [6.07, 6.45) is 1.86. The fourth-order valence-corrected chi connectivity index (χ4v) is 6.58. The zero-order valence-corrected chi connectivity index (χ0v) is 28.0. The van der Waals surface area contributed by atoms with E-state index >= 15 is 0 Å². The second-order valence-corrected chi connectivity index (χ2v) is 15.6. The van der Waals surface area contributed by atoms with E-state index < -0.39 is 89.3 Å². The number of hydrogen-bond donors (Lipinski definition) is 6. The van der Waals surface area contributed by atoms with Gasteiger partial charge in [0, 0.05) is 16.7 Å². The SMILES string of the molecule is CNCCS(=O)(=O)c1ccc(N=Nc2cc(S(=O)(=O)O)c(N)c(N=Nc3ccc(SC#COOS(=O)(=O)O)cc3)c2N)c(S(=O)(=O)O)c1. The van der Waals surface area contributed by atoms with E-state index in [1.165, 1.54) is 31.3 Å². The minimum Gasteiger partial charge on any atom is -0.396 e. The second-order valence-electron chi connectivity index (χ2n) is 8.85. The smallest absolute Gasteiger partial charge is 0.396 e. The molecule has 0 aliphatic carbocycles. The van der Waals surface area contributed by atoms with Crippen molar-refractivity contribution in [1.29, 1.82) is 0 Å². The number of rotatable bonds is 13. The lowest BCUT2D eigenvalue weighted by molar-refractivity contribution is -0.135. The van der Waals surface area contributed by atoms with Crippen molar-refractivity contribution >= 4 is 86.4 Å². The summed E-state index contributed by atoms with van der Waals surface area (Å²) in [4.78, 5) is 2.19. The number of nitrogens with two attached hydrogens (primary N) is 2. The Balaban J connectivity index is 2.00. The van der Waals surface area contributed by atoms with Crippen LogP contribution in [0.25, 0.3) is 0 Å². The number of hydrogen-bond acceptors (Lipinski definition) is 18. The molecule has 258 valence electrons. The van der Waals surface area contributed by atoms with Gasteiger partial charge in [-0.05, 0) is 71.7 Å². The van der Waals surface area contributed by atoms with Gasteiger partial charge in [-0.2, -0.15) is 30.4 Å². The Morgan fingerprint density at radius 2 is 1.42 bits per heavy atom. The van der Waals surface area contributed by atoms with Crippen molar-refractivity contribution in [2.24, 2.45) is 20.5 Å². The molecule has 0 aliphatic heterocycles. The number of benzene rings is 3. The van der Waals surface area contributed by atoms with E-state index in [1.54, 1.807) is 0 Å². The summed E-state index contributed by atoms with van der Waals surface area (Å²) < 4.78 is 126. The molecule has 0 atom stereocenters. The molecule has 0 saturated heterocycles. The molecule has 0 unspecified atom stereocenters. The van der Waals surface area contributed by atoms with Gasteiger partial charge in [-0.15, -0.1) is 15.3 Å². The van der Waals surface area contributed by atoms with Gasteiger partial charge in [0.05, 0.1) is 27.7 Å². The highest BCUT2D eigenvalue weighted by atomic mass is 32.3. The summed E-state index contributed by atoms with van der Waals surface area (Å²) in [5.41, 5.74) is 9.56. The van der Waals surface area contributed by atoms with Gasteiger partial charge in [0.15, 0.2) is 15.9 Å². The van der Waals surface area contributed by atoms with Crippen molar-refractivity contribution in [2.45, 2.75) is 19.6 Å². The first kappa shape index (κ1) is 38.2. The van der Waals surface area contributed by atoms with Gasteiger partial charge in [0.2, 0.25) is 0 Å². The molecule has 20 nitrogen and oxygen atoms in total. The van der Waals surface area contributed by atoms with Gasteiger partial charge in [0.25, 0.3) is 20.2 Å². The number of nitrogens with one attached hydrogen (secondary N) is 1. The van der Waals surface area contributed by atoms with Crippen LogP contribution in [0.2, 0.25) is 0 Å². The molecule has 0 saturated carbocycles. The van der Waals surface area contributed by atoms with Crippen LogP contribution in [0, 0.1) is 11.4 Å². The van der Waals surface area contributed by atoms with Crippen molar-refractivity contribution in [3.63, 3.8) is 0 Å². The van der Waals surface area contributed by atoms with Crippen molar-refractivity contribution in [1.82, 2.24) is 5.32 Å². The standard InChI is InChI=1S/C23H23N7O13S5/c1-26-8-11-45(31,32)16-6-7-17(19(12-16)46(33,34)35)28-29-18-13-20(47(36,37)38)22(25)23(21(18)24)30-27-14-2-4-15(5-3-14)44-10-9-42-43-48(39,40)41/h2-7,12-13,26H,8,11,24-25H2,1H3,(H,33,34,35)(H,36,37,38)(H,39,40,41). The summed E-state index contributed by atoms with van der Waals surface area (Å²) in [7, 11) is -17.4. The van der Waals surface area contributed by atoms with Crippen molar-refractivity contribution in [3.05, 3.63) is 48.5 Å². The highest BCUT2D eigenvalue weighted by Crippen LogP contribution is 2.43. The first-order chi connectivity index (χ1) is 22.2. The quantitative estimate of drug-likeness (QED) is 0.0277. The first-order valence-corrected chi connectivity index (χ1v) is 19.1. The summed E-state index contributed by atoms with van der Waals surface area (Å²) in [6, 6.07) is 9.16. The second kappa shape index (κ2) is 15.3. The lowest BCUT2D eigenvalue weighted by Gasteiger charge is -2.11. The predicted molar refractivity (Wildman–Crippen MR) is 169 cm³/mol. The van der Waals surface area contributed by atoms with Crippen LogP contribution in [-0.4, -0.2) is 66.7 Å². The molecule has 3 rings (SSSR count). The highest BCUT2D eigenvalue weighted by Gasteiger charge is 2.24. The summed E-state index contributed by atoms with van der Waals surface area (Å²) in [5, 5.41) is 20.2. The number of azo groups is 2. The zero-order valence-electron chi connectivity index (χ0n) is 23.9. The van der Waals surface area contributed by atoms with E-state index in [1.807, 2.05) is 6.11 Å². The molecule has 3 aromatic carbocycles. The molecule has 0 aromatic heterocycles. The predicted octanol–water partition coefficient (Wildman–Crippen LogP) is 2.93. The number of nitrogen functional groups attached to an aromatic ring is 2. The fourth-order valence-electron chi connectivity index (χ4n) is 3.35. The third-order valence-corrected chi connectivity index (χ3v) is 9.95. The van der Waals surface area contributed by atoms with Gasteiger partial charge < -0.3 is 16.8 Å². The van der Waals surface area contributed by atoms with E-state index in [9.17, 15) is 42.8 Å². The van der Waals surface area contributed by atoms with Crippen LogP contribution in [0.5, 0.6) is 0 Å². The Bertz CT molecular complexity index is 2270. The number of sulfone groups is 1. The zero-order chi connectivity index (χ0) is 35.9. The number of thioether (sulfide) groups is 1. The third-order valence-electron chi connectivity index (χ3n) is 5.53. The third kappa shape index (κ3) is 10.6. The number of anilines is 2. The van der Waals surface area contributed by atoms with Crippen LogP contribution < -0.4 is 16.8 Å². The van der Waals surface area contributed by atoms with Crippen LogP contribution in [0.3, 0.4) is 0 Å². The molecule has 25 heteroatoms. The summed E-state index contributed by atoms with van der Waals surface area (Å²) >= 11 is 0.859. The van der Waals surface area contributed by atoms with Crippen LogP contribution >= 0.6 is 11.8 Å². The topological polar surface area (TPSA) is 329 Å². The fraction of sp³-hybridized carbons (Fsp3) is 0.130. The lowest BCUT2D eigenvalue weighted by Crippen LogP contribution is -2.19. The average molecular weight is 766 g/mol. The van der Waals surface area contributed by atoms with Crippen LogP contribution in [0.4, 0.5) is 34.1 Å². The van der Waals surface area contributed by atoms with E-state index in [0.717, 1.165) is 23.9 Å². The Labute approximate surface area is 277 Å². The minimum atomic E-state index is -5.06. The van der Waals surface area contributed by atoms with Gasteiger partial charge in [0.1, 0.15) is 26.9 Å². The normalized spacial score (nSPS) is 12.7. The molecule has 0 aliphatic rings. The van der Waals surface area contributed by atoms with E-state index in [2.05, 4.69) is 40.2 Å². The molecule has 0 bridgehead atoms. The van der Waals surface area contributed by atoms with Gasteiger partial charge in [-0.1, -0.05) is 0 Å². The Morgan fingerprint density at radius 3 is 2.00 bits per heavy atom. The van der Waals surface area contributed by atoms with Crippen LogP contribution in [0.1, 0.15) is 0 Å². The number of nitrogens with zero attached hydrogens (tertiary/aromatic N) is 4. The molecular weight excluding hydrogens is 743 g/mol. The van der Waals surface area contributed by atoms with Gasteiger partial charge in [-0.25, -0.2) is 8.42 Å². The molecular formula is C23H23N7O13S5. The van der Waals surface area contributed by atoms with Crippen LogP contribution in [-0.2, 0) is 49.7 Å². The molecule has 0 fully saturated rings. The lowest BCUT2D eigenvalue weighted by atomic mass is 10.2. The Morgan fingerprint density at radius 1 is 0.792 bits per heavy atom. The van der Waals surface area contributed by atoms with Crippen molar-refractivity contribution in [3.8, 4) is 11.4 Å². The largest absolute Gasteiger partial charge is 0.433 e. The maximum Gasteiger partial charge on any atom is 0.433 e. The maximum absolute atomic E-state index is 12.5. The molecule has 3 aromatic rings.